The molecule has 0 aromatic rings. The predicted molar refractivity (Wildman–Crippen MR) is 101 cm³/mol. The summed E-state index contributed by atoms with van der Waals surface area (Å²) in [4.78, 5) is 13.0. The Balaban J connectivity index is 1.63. The molecule has 2 saturated carbocycles. The molecule has 30 heavy (non-hydrogen) atoms. The molecule has 0 bridgehead atoms. The van der Waals surface area contributed by atoms with Crippen LogP contribution in [-0.2, 0) is 19.0 Å². The fourth-order valence-electron chi connectivity index (χ4n) is 6.90. The lowest BCUT2D eigenvalue weighted by Gasteiger charge is -2.56. The number of aliphatic hydroxyl groups is 4. The van der Waals surface area contributed by atoms with E-state index in [2.05, 4.69) is 0 Å². The van der Waals surface area contributed by atoms with Gasteiger partial charge in [0.1, 0.15) is 24.4 Å². The van der Waals surface area contributed by atoms with E-state index in [0.717, 1.165) is 0 Å². The molecule has 0 radical (unpaired) electrons. The van der Waals surface area contributed by atoms with E-state index in [1.165, 1.54) is 0 Å². The zero-order valence-electron chi connectivity index (χ0n) is 17.4. The molecule has 164 valence electrons. The lowest BCUT2D eigenvalue weighted by atomic mass is 9.46. The first-order valence-electron chi connectivity index (χ1n) is 10.6. The van der Waals surface area contributed by atoms with Crippen LogP contribution in [0.25, 0.3) is 0 Å². The van der Waals surface area contributed by atoms with E-state index in [9.17, 15) is 25.2 Å². The van der Waals surface area contributed by atoms with Crippen LogP contribution in [0.1, 0.15) is 27.7 Å². The third-order valence-corrected chi connectivity index (χ3v) is 8.10. The van der Waals surface area contributed by atoms with Gasteiger partial charge in [0, 0.05) is 23.3 Å². The third kappa shape index (κ3) is 2.09. The van der Waals surface area contributed by atoms with Gasteiger partial charge in [0.25, 0.3) is 0 Å². The molecule has 11 atom stereocenters. The van der Waals surface area contributed by atoms with E-state index in [1.54, 1.807) is 32.1 Å². The SMILES string of the molecule is CC(C)(O)C=C[C@]12[C@@H]3[C@H](O)[C@H]4O[C@H]4[C@@]1(O)OC(C)(C)[C@@H]2C=C1C(=O)[C@@H]2O[C@@H]2[C@@H](O)[C@@H]13. The largest absolute Gasteiger partial charge is 0.390 e. The summed E-state index contributed by atoms with van der Waals surface area (Å²) in [5.74, 6) is -3.92. The number of ketones is 1. The maximum Gasteiger partial charge on any atom is 0.205 e. The van der Waals surface area contributed by atoms with Crippen molar-refractivity contribution in [3.05, 3.63) is 23.8 Å². The smallest absolute Gasteiger partial charge is 0.205 e. The molecule has 0 aromatic heterocycles. The Morgan fingerprint density at radius 2 is 1.83 bits per heavy atom. The fourth-order valence-corrected chi connectivity index (χ4v) is 6.90. The Labute approximate surface area is 174 Å². The molecule has 6 rings (SSSR count). The zero-order valence-corrected chi connectivity index (χ0v) is 17.4. The Morgan fingerprint density at radius 3 is 2.50 bits per heavy atom. The summed E-state index contributed by atoms with van der Waals surface area (Å²) >= 11 is 0. The van der Waals surface area contributed by atoms with Gasteiger partial charge in [-0.1, -0.05) is 18.2 Å². The van der Waals surface area contributed by atoms with E-state index in [1.807, 2.05) is 13.8 Å². The number of epoxide rings is 2. The topological polar surface area (TPSA) is 132 Å². The van der Waals surface area contributed by atoms with Crippen LogP contribution in [0.2, 0.25) is 0 Å². The molecule has 3 aliphatic carbocycles. The van der Waals surface area contributed by atoms with Gasteiger partial charge in [0.05, 0.1) is 28.8 Å². The molecular formula is C22H28O8. The average molecular weight is 420 g/mol. The molecule has 0 unspecified atom stereocenters. The maximum absolute atomic E-state index is 13.0. The summed E-state index contributed by atoms with van der Waals surface area (Å²) in [6.45, 7) is 6.92. The average Bonchev–Trinajstić information content (AvgIpc) is 3.51. The highest BCUT2D eigenvalue weighted by molar-refractivity contribution is 6.03. The van der Waals surface area contributed by atoms with Crippen LogP contribution in [0.15, 0.2) is 23.8 Å². The number of carbonyl (C=O) groups excluding carboxylic acids is 1. The zero-order chi connectivity index (χ0) is 21.6. The quantitative estimate of drug-likeness (QED) is 0.345. The van der Waals surface area contributed by atoms with E-state index in [0.29, 0.717) is 5.57 Å². The van der Waals surface area contributed by atoms with Crippen LogP contribution in [0.4, 0.5) is 0 Å². The Hall–Kier alpha value is -1.13. The van der Waals surface area contributed by atoms with Crippen LogP contribution in [-0.4, -0.2) is 79.8 Å². The lowest BCUT2D eigenvalue weighted by Crippen LogP contribution is -2.68. The summed E-state index contributed by atoms with van der Waals surface area (Å²) in [7, 11) is 0. The lowest BCUT2D eigenvalue weighted by molar-refractivity contribution is -0.281. The number of ether oxygens (including phenoxy) is 3. The van der Waals surface area contributed by atoms with Crippen LogP contribution in [0.3, 0.4) is 0 Å². The van der Waals surface area contributed by atoms with Gasteiger partial charge in [-0.2, -0.15) is 0 Å². The van der Waals surface area contributed by atoms with Crippen molar-refractivity contribution in [3.63, 3.8) is 0 Å². The minimum absolute atomic E-state index is 0.173. The maximum atomic E-state index is 13.0. The van der Waals surface area contributed by atoms with Gasteiger partial charge in [-0.3, -0.25) is 4.79 Å². The van der Waals surface area contributed by atoms with Crippen molar-refractivity contribution in [2.24, 2.45) is 23.2 Å². The summed E-state index contributed by atoms with van der Waals surface area (Å²) in [5, 5.41) is 44.7. The van der Waals surface area contributed by atoms with E-state index in [-0.39, 0.29) is 5.78 Å². The van der Waals surface area contributed by atoms with Gasteiger partial charge in [-0.05, 0) is 27.7 Å². The van der Waals surface area contributed by atoms with Gasteiger partial charge in [0.15, 0.2) is 5.78 Å². The molecule has 0 spiro atoms. The molecule has 5 fully saturated rings. The molecule has 3 aliphatic heterocycles. The van der Waals surface area contributed by atoms with E-state index < -0.39 is 76.8 Å². The van der Waals surface area contributed by atoms with Crippen molar-refractivity contribution >= 4 is 5.78 Å². The third-order valence-electron chi connectivity index (χ3n) is 8.10. The molecule has 3 saturated heterocycles. The van der Waals surface area contributed by atoms with Crippen LogP contribution in [0, 0.1) is 23.2 Å². The van der Waals surface area contributed by atoms with Crippen LogP contribution < -0.4 is 0 Å². The second kappa shape index (κ2) is 5.26. The summed E-state index contributed by atoms with van der Waals surface area (Å²) in [6, 6.07) is 0. The predicted octanol–water partition coefficient (Wildman–Crippen LogP) is -0.561. The number of aliphatic hydroxyl groups excluding tert-OH is 2. The number of carbonyl (C=O) groups is 1. The van der Waals surface area contributed by atoms with Gasteiger partial charge in [-0.25, -0.2) is 0 Å². The van der Waals surface area contributed by atoms with Crippen molar-refractivity contribution in [2.75, 3.05) is 0 Å². The summed E-state index contributed by atoms with van der Waals surface area (Å²) < 4.78 is 17.4. The van der Waals surface area contributed by atoms with Crippen LogP contribution >= 0.6 is 0 Å². The standard InChI is InChI=1S/C22H28O8/c1-19(2,26)5-6-21-9-7-8-10(13(24)16-15(28-16)12(8)23)11(21)14(25)17-18(29-17)22(21,27)30-20(9,3)4/h5-7,9-11,13-18,24-27H,1-4H3/t9-,10-,11-,13-,14-,15-,16+,17+,18+,21-,22+/m0/s1. The first kappa shape index (κ1) is 19.5. The van der Waals surface area contributed by atoms with Crippen molar-refractivity contribution in [2.45, 2.75) is 81.3 Å². The second-order valence-corrected chi connectivity index (χ2v) is 10.9. The Kier molecular flexibility index (Phi) is 3.43. The second-order valence-electron chi connectivity index (χ2n) is 10.9. The number of hydrogen-bond donors (Lipinski definition) is 4. The number of fused-ring (bicyclic) bond motifs is 5. The molecule has 3 heterocycles. The number of rotatable bonds is 2. The minimum Gasteiger partial charge on any atom is -0.390 e. The summed E-state index contributed by atoms with van der Waals surface area (Å²) in [5.41, 5.74) is -2.84. The van der Waals surface area contributed by atoms with Gasteiger partial charge < -0.3 is 34.6 Å². The molecule has 6 aliphatic rings. The molecule has 0 amide bonds. The minimum atomic E-state index is -1.77. The highest BCUT2D eigenvalue weighted by Gasteiger charge is 2.84. The monoisotopic (exact) mass is 420 g/mol. The van der Waals surface area contributed by atoms with Crippen molar-refractivity contribution in [1.29, 1.82) is 0 Å². The van der Waals surface area contributed by atoms with Crippen molar-refractivity contribution < 1.29 is 39.4 Å². The molecule has 4 N–H and O–H groups in total. The van der Waals surface area contributed by atoms with Crippen molar-refractivity contribution in [3.8, 4) is 0 Å². The number of Topliss-reactive ketones (excluding diaryl/α,β-unsaturated/α-hetero) is 1. The van der Waals surface area contributed by atoms with E-state index >= 15 is 0 Å². The highest BCUT2D eigenvalue weighted by Crippen LogP contribution is 2.72. The van der Waals surface area contributed by atoms with Gasteiger partial charge >= 0.3 is 0 Å². The first-order chi connectivity index (χ1) is 13.8. The molecule has 0 aromatic carbocycles. The Bertz CT molecular complexity index is 901. The Morgan fingerprint density at radius 1 is 1.13 bits per heavy atom. The first-order valence-corrected chi connectivity index (χ1v) is 10.6. The summed E-state index contributed by atoms with van der Waals surface area (Å²) in [6.07, 6.45) is 0.494. The normalized spacial score (nSPS) is 57.3. The molecule has 8 nitrogen and oxygen atoms in total. The van der Waals surface area contributed by atoms with Crippen molar-refractivity contribution in [1.82, 2.24) is 0 Å². The highest BCUT2D eigenvalue weighted by atomic mass is 16.7. The molecular weight excluding hydrogens is 392 g/mol. The number of hydrogen-bond acceptors (Lipinski definition) is 8. The van der Waals surface area contributed by atoms with Gasteiger partial charge in [-0.15, -0.1) is 0 Å². The van der Waals surface area contributed by atoms with Crippen LogP contribution in [0.5, 0.6) is 0 Å². The van der Waals surface area contributed by atoms with E-state index in [4.69, 9.17) is 14.2 Å². The fraction of sp³-hybridized carbons (Fsp3) is 0.773. The molecule has 8 heteroatoms. The van der Waals surface area contributed by atoms with Gasteiger partial charge in [0.2, 0.25) is 5.79 Å².